The highest BCUT2D eigenvalue weighted by atomic mass is 32.2. The van der Waals surface area contributed by atoms with E-state index < -0.39 is 0 Å². The van der Waals surface area contributed by atoms with Crippen LogP contribution in [0.3, 0.4) is 0 Å². The van der Waals surface area contributed by atoms with Crippen molar-refractivity contribution in [1.29, 1.82) is 0 Å². The minimum Gasteiger partial charge on any atom is -0.338 e. The van der Waals surface area contributed by atoms with Crippen LogP contribution in [0.15, 0.2) is 65.7 Å². The molecule has 0 spiro atoms. The largest absolute Gasteiger partial charge is 0.338 e. The Morgan fingerprint density at radius 1 is 0.905 bits per heavy atom. The summed E-state index contributed by atoms with van der Waals surface area (Å²) in [5.41, 5.74) is 2.68. The lowest BCUT2D eigenvalue weighted by Crippen LogP contribution is -2.31. The Labute approximate surface area is 134 Å². The van der Waals surface area contributed by atoms with Gasteiger partial charge in [0.25, 0.3) is 0 Å². The maximum Gasteiger partial charge on any atom is 0.161 e. The van der Waals surface area contributed by atoms with Crippen LogP contribution < -0.4 is 0 Å². The maximum absolute atomic E-state index is 4.47. The zero-order chi connectivity index (χ0) is 14.7. The van der Waals surface area contributed by atoms with E-state index in [4.69, 9.17) is 0 Å². The third-order valence-corrected chi connectivity index (χ3v) is 6.62. The number of nitrogens with zero attached hydrogens (tertiary/aromatic N) is 2. The zero-order valence-corrected chi connectivity index (χ0v) is 13.8. The molecule has 0 amide bonds. The van der Waals surface area contributed by atoms with Crippen molar-refractivity contribution in [3.05, 3.63) is 71.8 Å². The summed E-state index contributed by atoms with van der Waals surface area (Å²) in [4.78, 5) is 6.74. The number of thioether (sulfide) groups is 2. The first-order chi connectivity index (χ1) is 10.3. The van der Waals surface area contributed by atoms with Crippen molar-refractivity contribution in [2.24, 2.45) is 4.99 Å². The summed E-state index contributed by atoms with van der Waals surface area (Å²) < 4.78 is 0.381. The van der Waals surface area contributed by atoms with Crippen LogP contribution in [0, 0.1) is 0 Å². The SMILES string of the molecule is CN=C1S[C@@H](c2ccccc2)S[C@H](c2ccccc2)N1C. The predicted molar refractivity (Wildman–Crippen MR) is 94.7 cm³/mol. The van der Waals surface area contributed by atoms with Gasteiger partial charge in [0.15, 0.2) is 5.17 Å². The second-order valence-corrected chi connectivity index (χ2v) is 7.44. The second kappa shape index (κ2) is 6.58. The fourth-order valence-electron chi connectivity index (χ4n) is 2.40. The summed E-state index contributed by atoms with van der Waals surface area (Å²) >= 11 is 3.80. The number of aliphatic imine (C=N–C) groups is 1. The molecule has 1 aliphatic rings. The van der Waals surface area contributed by atoms with Crippen LogP contribution in [-0.4, -0.2) is 24.2 Å². The van der Waals surface area contributed by atoms with Crippen LogP contribution in [0.2, 0.25) is 0 Å². The quantitative estimate of drug-likeness (QED) is 0.793. The van der Waals surface area contributed by atoms with Gasteiger partial charge in [0, 0.05) is 14.1 Å². The van der Waals surface area contributed by atoms with Crippen molar-refractivity contribution in [2.45, 2.75) is 9.96 Å². The van der Waals surface area contributed by atoms with E-state index in [1.807, 2.05) is 30.6 Å². The van der Waals surface area contributed by atoms with Gasteiger partial charge in [-0.25, -0.2) is 0 Å². The van der Waals surface area contributed by atoms with Gasteiger partial charge in [0.2, 0.25) is 0 Å². The minimum absolute atomic E-state index is 0.302. The van der Waals surface area contributed by atoms with Crippen molar-refractivity contribution in [3.63, 3.8) is 0 Å². The molecule has 1 heterocycles. The molecule has 0 bridgehead atoms. The fourth-order valence-corrected chi connectivity index (χ4v) is 5.27. The highest BCUT2D eigenvalue weighted by Gasteiger charge is 2.32. The molecule has 1 fully saturated rings. The predicted octanol–water partition coefficient (Wildman–Crippen LogP) is 4.78. The molecule has 0 radical (unpaired) electrons. The number of rotatable bonds is 2. The number of hydrogen-bond donors (Lipinski definition) is 0. The van der Waals surface area contributed by atoms with E-state index in [-0.39, 0.29) is 0 Å². The van der Waals surface area contributed by atoms with E-state index >= 15 is 0 Å². The summed E-state index contributed by atoms with van der Waals surface area (Å²) in [5, 5.41) is 1.40. The first kappa shape index (κ1) is 14.5. The Kier molecular flexibility index (Phi) is 4.56. The van der Waals surface area contributed by atoms with E-state index in [1.54, 1.807) is 0 Å². The molecule has 1 aliphatic heterocycles. The number of hydrogen-bond acceptors (Lipinski definition) is 3. The van der Waals surface area contributed by atoms with Crippen molar-refractivity contribution < 1.29 is 0 Å². The van der Waals surface area contributed by atoms with Gasteiger partial charge in [0.05, 0.1) is 4.58 Å². The lowest BCUT2D eigenvalue weighted by molar-refractivity contribution is 0.493. The number of amidine groups is 1. The summed E-state index contributed by atoms with van der Waals surface area (Å²) in [6.45, 7) is 0. The van der Waals surface area contributed by atoms with Gasteiger partial charge in [-0.15, -0.1) is 11.8 Å². The molecule has 1 saturated heterocycles. The van der Waals surface area contributed by atoms with E-state index in [0.29, 0.717) is 9.96 Å². The van der Waals surface area contributed by atoms with Crippen LogP contribution in [0.25, 0.3) is 0 Å². The van der Waals surface area contributed by atoms with Crippen LogP contribution >= 0.6 is 23.5 Å². The zero-order valence-electron chi connectivity index (χ0n) is 12.1. The molecule has 0 unspecified atom stereocenters. The van der Waals surface area contributed by atoms with Crippen LogP contribution in [0.5, 0.6) is 0 Å². The molecule has 0 N–H and O–H groups in total. The van der Waals surface area contributed by atoms with Gasteiger partial charge in [-0.1, -0.05) is 72.4 Å². The van der Waals surface area contributed by atoms with Crippen molar-refractivity contribution >= 4 is 28.7 Å². The molecular formula is C17H18N2S2. The molecule has 2 aromatic rings. The summed E-state index contributed by atoms with van der Waals surface area (Å²) in [5.74, 6) is 0. The Bertz CT molecular complexity index is 613. The monoisotopic (exact) mass is 314 g/mol. The van der Waals surface area contributed by atoms with E-state index in [2.05, 4.69) is 77.6 Å². The molecule has 4 heteroatoms. The smallest absolute Gasteiger partial charge is 0.161 e. The normalized spacial score (nSPS) is 24.3. The molecule has 21 heavy (non-hydrogen) atoms. The average molecular weight is 314 g/mol. The Hall–Kier alpha value is -1.39. The molecule has 0 aliphatic carbocycles. The fraction of sp³-hybridized carbons (Fsp3) is 0.235. The van der Waals surface area contributed by atoms with Gasteiger partial charge in [0.1, 0.15) is 5.37 Å². The van der Waals surface area contributed by atoms with Gasteiger partial charge in [-0.05, 0) is 11.1 Å². The highest BCUT2D eigenvalue weighted by Crippen LogP contribution is 2.53. The summed E-state index contributed by atoms with van der Waals surface area (Å²) in [6.07, 6.45) is 0. The van der Waals surface area contributed by atoms with E-state index in [0.717, 1.165) is 5.17 Å². The van der Waals surface area contributed by atoms with Crippen molar-refractivity contribution in [3.8, 4) is 0 Å². The van der Waals surface area contributed by atoms with Gasteiger partial charge >= 0.3 is 0 Å². The lowest BCUT2D eigenvalue weighted by Gasteiger charge is -2.38. The topological polar surface area (TPSA) is 15.6 Å². The summed E-state index contributed by atoms with van der Waals surface area (Å²) in [6, 6.07) is 21.3. The first-order valence-electron chi connectivity index (χ1n) is 6.91. The highest BCUT2D eigenvalue weighted by molar-refractivity contribution is 8.25. The maximum atomic E-state index is 4.47. The molecule has 108 valence electrons. The molecule has 2 atom stereocenters. The Morgan fingerprint density at radius 2 is 1.48 bits per heavy atom. The first-order valence-corrected chi connectivity index (χ1v) is 8.73. The van der Waals surface area contributed by atoms with Crippen LogP contribution in [0.1, 0.15) is 21.1 Å². The molecule has 2 aromatic carbocycles. The minimum atomic E-state index is 0.302. The summed E-state index contributed by atoms with van der Waals surface area (Å²) in [7, 11) is 4.00. The standard InChI is InChI=1S/C17H18N2S2/c1-18-17-19(2)15(13-9-5-3-6-10-13)20-16(21-17)14-11-7-4-8-12-14/h3-12,15-16H,1-2H3/t15-,16+/m1/s1. The second-order valence-electron chi connectivity index (χ2n) is 4.88. The van der Waals surface area contributed by atoms with Gasteiger partial charge in [-0.3, -0.25) is 4.99 Å². The van der Waals surface area contributed by atoms with Gasteiger partial charge < -0.3 is 4.90 Å². The number of benzene rings is 2. The van der Waals surface area contributed by atoms with Crippen LogP contribution in [-0.2, 0) is 0 Å². The third kappa shape index (κ3) is 3.11. The third-order valence-electron chi connectivity index (χ3n) is 3.47. The molecule has 0 saturated carbocycles. The Balaban J connectivity index is 1.93. The van der Waals surface area contributed by atoms with Crippen LogP contribution in [0.4, 0.5) is 0 Å². The van der Waals surface area contributed by atoms with Crippen molar-refractivity contribution in [1.82, 2.24) is 4.90 Å². The lowest BCUT2D eigenvalue weighted by atomic mass is 10.2. The van der Waals surface area contributed by atoms with Gasteiger partial charge in [-0.2, -0.15) is 0 Å². The van der Waals surface area contributed by atoms with E-state index in [1.165, 1.54) is 11.1 Å². The molecule has 3 rings (SSSR count). The molecule has 0 aromatic heterocycles. The molecular weight excluding hydrogens is 296 g/mol. The average Bonchev–Trinajstić information content (AvgIpc) is 2.56. The van der Waals surface area contributed by atoms with Crippen molar-refractivity contribution in [2.75, 3.05) is 14.1 Å². The Morgan fingerprint density at radius 3 is 2.05 bits per heavy atom. The van der Waals surface area contributed by atoms with E-state index in [9.17, 15) is 0 Å². The molecule has 2 nitrogen and oxygen atoms in total.